The van der Waals surface area contributed by atoms with Gasteiger partial charge in [0.1, 0.15) is 11.4 Å². The van der Waals surface area contributed by atoms with Gasteiger partial charge < -0.3 is 19.3 Å². The summed E-state index contributed by atoms with van der Waals surface area (Å²) in [7, 11) is 1.63. The fraction of sp³-hybridized carbons (Fsp3) is 0.579. The quantitative estimate of drug-likeness (QED) is 0.834. The van der Waals surface area contributed by atoms with Crippen molar-refractivity contribution in [2.24, 2.45) is 0 Å². The Morgan fingerprint density at radius 1 is 1.24 bits per heavy atom. The summed E-state index contributed by atoms with van der Waals surface area (Å²) < 4.78 is 10.9. The molecule has 2 fully saturated rings. The summed E-state index contributed by atoms with van der Waals surface area (Å²) in [6.07, 6.45) is 2.72. The molecule has 0 spiro atoms. The topological polar surface area (TPSA) is 59.1 Å². The number of carbonyl (C=O) groups is 2. The average Bonchev–Trinajstić information content (AvgIpc) is 2.64. The normalized spacial score (nSPS) is 24.3. The van der Waals surface area contributed by atoms with Crippen molar-refractivity contribution in [2.45, 2.75) is 38.3 Å². The van der Waals surface area contributed by atoms with Crippen LogP contribution in [0.25, 0.3) is 0 Å². The third-order valence-electron chi connectivity index (χ3n) is 5.06. The zero-order valence-corrected chi connectivity index (χ0v) is 15.0. The number of methoxy groups -OCH3 is 1. The van der Waals surface area contributed by atoms with E-state index in [1.165, 1.54) is 0 Å². The molecule has 0 radical (unpaired) electrons. The SMILES string of the molecule is COc1ccc(CN2CCN(C(=O)C3(C)CCCCO3)CC2=O)cc1. The van der Waals surface area contributed by atoms with Crippen LogP contribution in [0, 0.1) is 0 Å². The lowest BCUT2D eigenvalue weighted by molar-refractivity contribution is -0.166. The van der Waals surface area contributed by atoms with Crippen LogP contribution in [0.3, 0.4) is 0 Å². The average molecular weight is 346 g/mol. The van der Waals surface area contributed by atoms with Crippen molar-refractivity contribution in [1.82, 2.24) is 9.80 Å². The Morgan fingerprint density at radius 2 is 2.00 bits per heavy atom. The minimum Gasteiger partial charge on any atom is -0.497 e. The summed E-state index contributed by atoms with van der Waals surface area (Å²) >= 11 is 0. The first kappa shape index (κ1) is 17.7. The van der Waals surface area contributed by atoms with Crippen LogP contribution in [0.15, 0.2) is 24.3 Å². The van der Waals surface area contributed by atoms with E-state index in [-0.39, 0.29) is 18.4 Å². The minimum absolute atomic E-state index is 0.0187. The lowest BCUT2D eigenvalue weighted by atomic mass is 9.94. The highest BCUT2D eigenvalue weighted by Crippen LogP contribution is 2.27. The molecule has 3 rings (SSSR count). The smallest absolute Gasteiger partial charge is 0.255 e. The minimum atomic E-state index is -0.767. The molecule has 0 aliphatic carbocycles. The number of hydrogen-bond acceptors (Lipinski definition) is 4. The fourth-order valence-corrected chi connectivity index (χ4v) is 3.44. The third-order valence-corrected chi connectivity index (χ3v) is 5.06. The van der Waals surface area contributed by atoms with Crippen molar-refractivity contribution in [1.29, 1.82) is 0 Å². The molecule has 1 aromatic carbocycles. The molecule has 1 aromatic rings. The molecule has 0 saturated carbocycles. The lowest BCUT2D eigenvalue weighted by Gasteiger charge is -2.40. The molecule has 0 bridgehead atoms. The number of amides is 2. The van der Waals surface area contributed by atoms with Gasteiger partial charge in [0.15, 0.2) is 0 Å². The largest absolute Gasteiger partial charge is 0.497 e. The van der Waals surface area contributed by atoms with Crippen LogP contribution in [-0.4, -0.2) is 60.6 Å². The van der Waals surface area contributed by atoms with Gasteiger partial charge in [0.25, 0.3) is 5.91 Å². The molecule has 2 amide bonds. The van der Waals surface area contributed by atoms with Gasteiger partial charge in [0.2, 0.25) is 5.91 Å². The number of benzene rings is 1. The highest BCUT2D eigenvalue weighted by molar-refractivity contribution is 5.90. The van der Waals surface area contributed by atoms with E-state index in [1.54, 1.807) is 16.9 Å². The van der Waals surface area contributed by atoms with Crippen LogP contribution >= 0.6 is 0 Å². The van der Waals surface area contributed by atoms with E-state index in [9.17, 15) is 9.59 Å². The Balaban J connectivity index is 1.58. The molecule has 0 aromatic heterocycles. The molecule has 136 valence electrons. The van der Waals surface area contributed by atoms with Crippen LogP contribution < -0.4 is 4.74 Å². The van der Waals surface area contributed by atoms with Crippen molar-refractivity contribution < 1.29 is 19.1 Å². The lowest BCUT2D eigenvalue weighted by Crippen LogP contribution is -2.58. The number of nitrogens with zero attached hydrogens (tertiary/aromatic N) is 2. The van der Waals surface area contributed by atoms with E-state index in [2.05, 4.69) is 0 Å². The van der Waals surface area contributed by atoms with E-state index in [4.69, 9.17) is 9.47 Å². The van der Waals surface area contributed by atoms with Crippen molar-refractivity contribution in [3.63, 3.8) is 0 Å². The number of rotatable bonds is 4. The van der Waals surface area contributed by atoms with Gasteiger partial charge >= 0.3 is 0 Å². The number of carbonyl (C=O) groups excluding carboxylic acids is 2. The first-order chi connectivity index (χ1) is 12.0. The zero-order valence-electron chi connectivity index (χ0n) is 15.0. The van der Waals surface area contributed by atoms with E-state index in [1.807, 2.05) is 31.2 Å². The molecule has 2 saturated heterocycles. The Morgan fingerprint density at radius 3 is 2.60 bits per heavy atom. The number of hydrogen-bond donors (Lipinski definition) is 0. The molecular formula is C19H26N2O4. The van der Waals surface area contributed by atoms with Crippen LogP contribution in [0.1, 0.15) is 31.7 Å². The highest BCUT2D eigenvalue weighted by Gasteiger charge is 2.41. The monoisotopic (exact) mass is 346 g/mol. The molecule has 1 unspecified atom stereocenters. The molecule has 2 aliphatic heterocycles. The number of ether oxygens (including phenoxy) is 2. The highest BCUT2D eigenvalue weighted by atomic mass is 16.5. The van der Waals surface area contributed by atoms with Crippen molar-refractivity contribution >= 4 is 11.8 Å². The fourth-order valence-electron chi connectivity index (χ4n) is 3.44. The Kier molecular flexibility index (Phi) is 5.27. The molecular weight excluding hydrogens is 320 g/mol. The maximum absolute atomic E-state index is 12.8. The Labute approximate surface area is 148 Å². The predicted octanol–water partition coefficient (Wildman–Crippen LogP) is 1.83. The van der Waals surface area contributed by atoms with Crippen LogP contribution in [0.5, 0.6) is 5.75 Å². The van der Waals surface area contributed by atoms with E-state index in [0.717, 1.165) is 30.6 Å². The van der Waals surface area contributed by atoms with Crippen LogP contribution in [0.4, 0.5) is 0 Å². The maximum atomic E-state index is 12.8. The van der Waals surface area contributed by atoms with E-state index >= 15 is 0 Å². The van der Waals surface area contributed by atoms with Gasteiger partial charge in [-0.2, -0.15) is 0 Å². The summed E-state index contributed by atoms with van der Waals surface area (Å²) in [5.41, 5.74) is 0.285. The van der Waals surface area contributed by atoms with Crippen LogP contribution in [-0.2, 0) is 20.9 Å². The van der Waals surface area contributed by atoms with Crippen molar-refractivity contribution in [2.75, 3.05) is 33.4 Å². The summed E-state index contributed by atoms with van der Waals surface area (Å²) in [5, 5.41) is 0. The standard InChI is InChI=1S/C19H26N2O4/c1-19(9-3-4-12-25-19)18(23)21-11-10-20(17(22)14-21)13-15-5-7-16(24-2)8-6-15/h5-8H,3-4,9-14H2,1-2H3. The first-order valence-electron chi connectivity index (χ1n) is 8.86. The second-order valence-corrected chi connectivity index (χ2v) is 6.93. The van der Waals surface area contributed by atoms with Crippen molar-refractivity contribution in [3.8, 4) is 5.75 Å². The van der Waals surface area contributed by atoms with Crippen molar-refractivity contribution in [3.05, 3.63) is 29.8 Å². The van der Waals surface area contributed by atoms with Gasteiger partial charge in [-0.25, -0.2) is 0 Å². The van der Waals surface area contributed by atoms with Gasteiger partial charge in [-0.3, -0.25) is 9.59 Å². The molecule has 6 heteroatoms. The van der Waals surface area contributed by atoms with E-state index in [0.29, 0.717) is 26.2 Å². The second-order valence-electron chi connectivity index (χ2n) is 6.93. The summed E-state index contributed by atoms with van der Waals surface area (Å²) in [6.45, 7) is 4.26. The van der Waals surface area contributed by atoms with Gasteiger partial charge in [0.05, 0.1) is 13.7 Å². The predicted molar refractivity (Wildman–Crippen MR) is 93.2 cm³/mol. The van der Waals surface area contributed by atoms with Gasteiger partial charge in [-0.05, 0) is 43.9 Å². The number of piperazine rings is 1. The first-order valence-corrected chi connectivity index (χ1v) is 8.86. The van der Waals surface area contributed by atoms with E-state index < -0.39 is 5.60 Å². The maximum Gasteiger partial charge on any atom is 0.255 e. The summed E-state index contributed by atoms with van der Waals surface area (Å²) in [4.78, 5) is 28.7. The molecule has 1 atom stereocenters. The molecule has 25 heavy (non-hydrogen) atoms. The Bertz CT molecular complexity index is 623. The molecule has 2 heterocycles. The van der Waals surface area contributed by atoms with Gasteiger partial charge in [-0.15, -0.1) is 0 Å². The summed E-state index contributed by atoms with van der Waals surface area (Å²) in [5.74, 6) is 0.727. The van der Waals surface area contributed by atoms with Gasteiger partial charge in [-0.1, -0.05) is 12.1 Å². The van der Waals surface area contributed by atoms with Gasteiger partial charge in [0, 0.05) is 26.2 Å². The van der Waals surface area contributed by atoms with Crippen LogP contribution in [0.2, 0.25) is 0 Å². The molecule has 6 nitrogen and oxygen atoms in total. The summed E-state index contributed by atoms with van der Waals surface area (Å²) in [6, 6.07) is 7.70. The molecule has 0 N–H and O–H groups in total. The third kappa shape index (κ3) is 3.95. The zero-order chi connectivity index (χ0) is 17.9. The molecule has 2 aliphatic rings. The Hall–Kier alpha value is -2.08. The second kappa shape index (κ2) is 7.44.